The standard InChI is InChI=1S/C16H23N3O2/c1-12-17-8-14(9-18-12)15(21)19-6-2-5-16(10-19,11-20)7-13-3-4-13/h8-9,13,20H,2-7,10-11H2,1H3/t16-/m0/s1. The summed E-state index contributed by atoms with van der Waals surface area (Å²) in [6, 6.07) is 0. The molecule has 5 nitrogen and oxygen atoms in total. The minimum absolute atomic E-state index is 0.0108. The van der Waals surface area contributed by atoms with Crippen LogP contribution in [0, 0.1) is 18.3 Å². The highest BCUT2D eigenvalue weighted by Crippen LogP contribution is 2.44. The van der Waals surface area contributed by atoms with Crippen molar-refractivity contribution in [2.75, 3.05) is 19.7 Å². The Hall–Kier alpha value is -1.49. The van der Waals surface area contributed by atoms with E-state index in [1.54, 1.807) is 12.4 Å². The average Bonchev–Trinajstić information content (AvgIpc) is 3.31. The van der Waals surface area contributed by atoms with E-state index >= 15 is 0 Å². The van der Waals surface area contributed by atoms with Crippen molar-refractivity contribution in [1.29, 1.82) is 0 Å². The third kappa shape index (κ3) is 3.23. The second kappa shape index (κ2) is 5.72. The molecule has 1 aliphatic heterocycles. The fraction of sp³-hybridized carbons (Fsp3) is 0.688. The highest BCUT2D eigenvalue weighted by Gasteiger charge is 2.41. The van der Waals surface area contributed by atoms with Gasteiger partial charge in [-0.05, 0) is 32.1 Å². The first-order valence-electron chi connectivity index (χ1n) is 7.81. The van der Waals surface area contributed by atoms with Gasteiger partial charge in [0.25, 0.3) is 5.91 Å². The number of aliphatic hydroxyl groups is 1. The van der Waals surface area contributed by atoms with Crippen LogP contribution in [0.15, 0.2) is 12.4 Å². The summed E-state index contributed by atoms with van der Waals surface area (Å²) >= 11 is 0. The summed E-state index contributed by atoms with van der Waals surface area (Å²) in [6.07, 6.45) is 8.79. The highest BCUT2D eigenvalue weighted by atomic mass is 16.3. The first-order chi connectivity index (χ1) is 10.1. The lowest BCUT2D eigenvalue weighted by molar-refractivity contribution is 0.0196. The van der Waals surface area contributed by atoms with Crippen LogP contribution in [0.3, 0.4) is 0 Å². The summed E-state index contributed by atoms with van der Waals surface area (Å²) in [6.45, 7) is 3.41. The maximum atomic E-state index is 12.6. The number of hydrogen-bond acceptors (Lipinski definition) is 4. The maximum absolute atomic E-state index is 12.6. The molecule has 0 radical (unpaired) electrons. The van der Waals surface area contributed by atoms with Gasteiger partial charge in [0.1, 0.15) is 5.82 Å². The molecule has 1 atom stereocenters. The van der Waals surface area contributed by atoms with E-state index in [1.807, 2.05) is 11.8 Å². The number of amides is 1. The first kappa shape index (κ1) is 14.4. The Morgan fingerprint density at radius 2 is 2.14 bits per heavy atom. The smallest absolute Gasteiger partial charge is 0.257 e. The lowest BCUT2D eigenvalue weighted by Crippen LogP contribution is -2.48. The Kier molecular flexibility index (Phi) is 3.93. The molecule has 0 aromatic carbocycles. The zero-order valence-corrected chi connectivity index (χ0v) is 12.6. The van der Waals surface area contributed by atoms with E-state index in [2.05, 4.69) is 9.97 Å². The van der Waals surface area contributed by atoms with Crippen LogP contribution in [0.5, 0.6) is 0 Å². The van der Waals surface area contributed by atoms with E-state index < -0.39 is 0 Å². The maximum Gasteiger partial charge on any atom is 0.257 e. The Labute approximate surface area is 125 Å². The molecule has 1 aliphatic carbocycles. The molecule has 1 saturated heterocycles. The first-order valence-corrected chi connectivity index (χ1v) is 7.81. The van der Waals surface area contributed by atoms with Gasteiger partial charge in [-0.15, -0.1) is 0 Å². The molecule has 1 aromatic heterocycles. The molecule has 21 heavy (non-hydrogen) atoms. The summed E-state index contributed by atoms with van der Waals surface area (Å²) in [5.41, 5.74) is 0.446. The van der Waals surface area contributed by atoms with Gasteiger partial charge >= 0.3 is 0 Å². The van der Waals surface area contributed by atoms with Crippen molar-refractivity contribution >= 4 is 5.91 Å². The van der Waals surface area contributed by atoms with Crippen LogP contribution in [-0.4, -0.2) is 45.6 Å². The van der Waals surface area contributed by atoms with Gasteiger partial charge < -0.3 is 10.0 Å². The molecule has 2 aliphatic rings. The number of nitrogens with zero attached hydrogens (tertiary/aromatic N) is 3. The lowest BCUT2D eigenvalue weighted by atomic mass is 9.76. The van der Waals surface area contributed by atoms with Gasteiger partial charge in [0.15, 0.2) is 0 Å². The normalized spacial score (nSPS) is 25.9. The van der Waals surface area contributed by atoms with E-state index in [0.717, 1.165) is 31.7 Å². The molecule has 0 bridgehead atoms. The predicted octanol–water partition coefficient (Wildman–Crippen LogP) is 1.80. The number of aliphatic hydroxyl groups excluding tert-OH is 1. The summed E-state index contributed by atoms with van der Waals surface area (Å²) in [5, 5.41) is 9.86. The highest BCUT2D eigenvalue weighted by molar-refractivity contribution is 5.93. The van der Waals surface area contributed by atoms with Crippen LogP contribution in [-0.2, 0) is 0 Å². The second-order valence-electron chi connectivity index (χ2n) is 6.65. The van der Waals surface area contributed by atoms with Gasteiger partial charge in [-0.25, -0.2) is 9.97 Å². The minimum Gasteiger partial charge on any atom is -0.396 e. The molecule has 1 N–H and O–H groups in total. The van der Waals surface area contributed by atoms with Crippen molar-refractivity contribution in [1.82, 2.24) is 14.9 Å². The van der Waals surface area contributed by atoms with E-state index in [-0.39, 0.29) is 17.9 Å². The Morgan fingerprint density at radius 1 is 1.43 bits per heavy atom. The van der Waals surface area contributed by atoms with Crippen LogP contribution in [0.1, 0.15) is 48.3 Å². The zero-order valence-electron chi connectivity index (χ0n) is 12.6. The molecule has 1 saturated carbocycles. The quantitative estimate of drug-likeness (QED) is 0.918. The van der Waals surface area contributed by atoms with Crippen molar-refractivity contribution in [3.05, 3.63) is 23.8 Å². The largest absolute Gasteiger partial charge is 0.396 e. The fourth-order valence-corrected chi connectivity index (χ4v) is 3.36. The molecule has 2 fully saturated rings. The van der Waals surface area contributed by atoms with Crippen molar-refractivity contribution < 1.29 is 9.90 Å². The minimum atomic E-state index is -0.0966. The van der Waals surface area contributed by atoms with Crippen LogP contribution < -0.4 is 0 Å². The topological polar surface area (TPSA) is 66.3 Å². The van der Waals surface area contributed by atoms with Crippen LogP contribution in [0.2, 0.25) is 0 Å². The summed E-state index contributed by atoms with van der Waals surface area (Å²) in [5.74, 6) is 1.42. The van der Waals surface area contributed by atoms with Gasteiger partial charge in [-0.2, -0.15) is 0 Å². The van der Waals surface area contributed by atoms with E-state index in [9.17, 15) is 9.90 Å². The summed E-state index contributed by atoms with van der Waals surface area (Å²) in [4.78, 5) is 22.7. The molecule has 3 rings (SSSR count). The number of aryl methyl sites for hydroxylation is 1. The number of aromatic nitrogens is 2. The van der Waals surface area contributed by atoms with E-state index in [0.29, 0.717) is 17.9 Å². The number of likely N-dealkylation sites (tertiary alicyclic amines) is 1. The summed E-state index contributed by atoms with van der Waals surface area (Å²) in [7, 11) is 0. The fourth-order valence-electron chi connectivity index (χ4n) is 3.36. The molecule has 0 unspecified atom stereocenters. The van der Waals surface area contributed by atoms with Gasteiger partial charge in [0, 0.05) is 30.9 Å². The lowest BCUT2D eigenvalue weighted by Gasteiger charge is -2.42. The monoisotopic (exact) mass is 289 g/mol. The summed E-state index contributed by atoms with van der Waals surface area (Å²) < 4.78 is 0. The Morgan fingerprint density at radius 3 is 2.76 bits per heavy atom. The van der Waals surface area contributed by atoms with Gasteiger partial charge in [-0.1, -0.05) is 12.8 Å². The predicted molar refractivity (Wildman–Crippen MR) is 78.8 cm³/mol. The molecule has 114 valence electrons. The van der Waals surface area contributed by atoms with Crippen LogP contribution >= 0.6 is 0 Å². The molecule has 2 heterocycles. The molecule has 1 aromatic rings. The Bertz CT molecular complexity index is 513. The van der Waals surface area contributed by atoms with Crippen molar-refractivity contribution in [3.8, 4) is 0 Å². The van der Waals surface area contributed by atoms with E-state index in [1.165, 1.54) is 12.8 Å². The third-order valence-electron chi connectivity index (χ3n) is 4.73. The second-order valence-corrected chi connectivity index (χ2v) is 6.65. The van der Waals surface area contributed by atoms with Gasteiger partial charge in [0.2, 0.25) is 0 Å². The number of rotatable bonds is 4. The molecule has 1 amide bonds. The van der Waals surface area contributed by atoms with Crippen LogP contribution in [0.4, 0.5) is 0 Å². The average molecular weight is 289 g/mol. The van der Waals surface area contributed by atoms with Crippen molar-refractivity contribution in [2.24, 2.45) is 11.3 Å². The molecular formula is C16H23N3O2. The van der Waals surface area contributed by atoms with Crippen molar-refractivity contribution in [2.45, 2.75) is 39.0 Å². The van der Waals surface area contributed by atoms with Gasteiger partial charge in [-0.3, -0.25) is 4.79 Å². The molecule has 5 heteroatoms. The van der Waals surface area contributed by atoms with E-state index in [4.69, 9.17) is 0 Å². The Balaban J connectivity index is 1.72. The van der Waals surface area contributed by atoms with Crippen molar-refractivity contribution in [3.63, 3.8) is 0 Å². The number of carbonyl (C=O) groups excluding carboxylic acids is 1. The SMILES string of the molecule is Cc1ncc(C(=O)N2CCC[C@](CO)(CC3CC3)C2)cn1. The third-order valence-corrected chi connectivity index (χ3v) is 4.73. The molecular weight excluding hydrogens is 266 g/mol. The number of carbonyl (C=O) groups is 1. The molecule has 0 spiro atoms. The van der Waals surface area contributed by atoms with Crippen LogP contribution in [0.25, 0.3) is 0 Å². The number of hydrogen-bond donors (Lipinski definition) is 1. The zero-order chi connectivity index (χ0) is 14.9. The van der Waals surface area contributed by atoms with Gasteiger partial charge in [0.05, 0.1) is 12.2 Å². The number of piperidine rings is 1.